The third-order valence-corrected chi connectivity index (χ3v) is 4.22. The first-order chi connectivity index (χ1) is 12.1. The van der Waals surface area contributed by atoms with E-state index in [1.165, 1.54) is 0 Å². The van der Waals surface area contributed by atoms with Gasteiger partial charge in [-0.2, -0.15) is 5.26 Å². The summed E-state index contributed by atoms with van der Waals surface area (Å²) < 4.78 is 5.12. The smallest absolute Gasteiger partial charge is 0.323 e. The quantitative estimate of drug-likeness (QED) is 0.722. The summed E-state index contributed by atoms with van der Waals surface area (Å²) in [4.78, 5) is 14.3. The van der Waals surface area contributed by atoms with Crippen LogP contribution in [-0.4, -0.2) is 26.7 Å². The van der Waals surface area contributed by atoms with Crippen molar-refractivity contribution in [2.75, 3.05) is 25.6 Å². The topological polar surface area (TPSA) is 53.3 Å². The van der Waals surface area contributed by atoms with E-state index in [0.717, 1.165) is 16.8 Å². The van der Waals surface area contributed by atoms with Crippen molar-refractivity contribution in [3.8, 4) is 6.07 Å². The Kier molecular flexibility index (Phi) is 6.59. The van der Waals surface area contributed by atoms with Gasteiger partial charge in [0, 0.05) is 25.7 Å². The molecule has 2 aromatic carbocycles. The van der Waals surface area contributed by atoms with Crippen molar-refractivity contribution in [2.24, 2.45) is 5.92 Å². The van der Waals surface area contributed by atoms with Crippen LogP contribution in [-0.2, 0) is 16.0 Å². The van der Waals surface area contributed by atoms with Crippen molar-refractivity contribution >= 4 is 11.7 Å². The molecule has 0 bridgehead atoms. The van der Waals surface area contributed by atoms with E-state index in [-0.39, 0.29) is 12.5 Å². The van der Waals surface area contributed by atoms with Gasteiger partial charge < -0.3 is 9.64 Å². The van der Waals surface area contributed by atoms with Crippen LogP contribution in [0.2, 0.25) is 0 Å². The second-order valence-electron chi connectivity index (χ2n) is 6.14. The fourth-order valence-electron chi connectivity index (χ4n) is 2.85. The Morgan fingerprint density at radius 3 is 2.28 bits per heavy atom. The molecule has 4 nitrogen and oxygen atoms in total. The number of anilines is 1. The van der Waals surface area contributed by atoms with Gasteiger partial charge in [0.2, 0.25) is 0 Å². The number of ether oxygens (including phenoxy) is 1. The normalized spacial score (nSPS) is 12.7. The molecule has 4 heteroatoms. The lowest BCUT2D eigenvalue weighted by atomic mass is 9.82. The van der Waals surface area contributed by atoms with Crippen LogP contribution in [0.3, 0.4) is 0 Å². The average molecular weight is 336 g/mol. The molecular weight excluding hydrogens is 312 g/mol. The molecule has 2 rings (SSSR count). The van der Waals surface area contributed by atoms with E-state index >= 15 is 0 Å². The summed E-state index contributed by atoms with van der Waals surface area (Å²) >= 11 is 0. The van der Waals surface area contributed by atoms with Crippen LogP contribution in [0, 0.1) is 17.2 Å². The molecule has 0 spiro atoms. The number of benzene rings is 2. The zero-order valence-electron chi connectivity index (χ0n) is 15.0. The van der Waals surface area contributed by atoms with Crippen molar-refractivity contribution in [1.82, 2.24) is 0 Å². The third kappa shape index (κ3) is 4.84. The highest BCUT2D eigenvalue weighted by Crippen LogP contribution is 2.30. The minimum Gasteiger partial charge on any atom is -0.465 e. The molecule has 2 aromatic rings. The summed E-state index contributed by atoms with van der Waals surface area (Å²) in [6.07, 6.45) is 0.606. The molecule has 0 heterocycles. The van der Waals surface area contributed by atoms with Crippen LogP contribution >= 0.6 is 0 Å². The molecule has 0 saturated heterocycles. The lowest BCUT2D eigenvalue weighted by Crippen LogP contribution is -2.25. The van der Waals surface area contributed by atoms with E-state index in [2.05, 4.69) is 6.07 Å². The molecule has 0 aliphatic rings. The Morgan fingerprint density at radius 1 is 1.12 bits per heavy atom. The molecule has 0 N–H and O–H groups in total. The van der Waals surface area contributed by atoms with Gasteiger partial charge in [-0.25, -0.2) is 0 Å². The maximum absolute atomic E-state index is 12.3. The second-order valence-corrected chi connectivity index (χ2v) is 6.14. The van der Waals surface area contributed by atoms with Crippen molar-refractivity contribution in [2.45, 2.75) is 19.3 Å². The number of rotatable bonds is 7. The molecular formula is C21H24N2O2. The van der Waals surface area contributed by atoms with Gasteiger partial charge in [-0.3, -0.25) is 4.79 Å². The van der Waals surface area contributed by atoms with Gasteiger partial charge in [0.15, 0.2) is 5.92 Å². The van der Waals surface area contributed by atoms with Crippen LogP contribution in [0.1, 0.15) is 24.0 Å². The molecule has 0 aliphatic carbocycles. The lowest BCUT2D eigenvalue weighted by molar-refractivity contribution is -0.146. The predicted octanol–water partition coefficient (Wildman–Crippen LogP) is 3.78. The van der Waals surface area contributed by atoms with Crippen molar-refractivity contribution in [3.05, 3.63) is 65.7 Å². The number of nitrogens with zero attached hydrogens (tertiary/aromatic N) is 2. The number of hydrogen-bond donors (Lipinski definition) is 0. The minimum atomic E-state index is -0.823. The van der Waals surface area contributed by atoms with E-state index < -0.39 is 11.9 Å². The Bertz CT molecular complexity index is 718. The summed E-state index contributed by atoms with van der Waals surface area (Å²) in [6.45, 7) is 2.03. The molecule has 130 valence electrons. The molecule has 2 unspecified atom stereocenters. The summed E-state index contributed by atoms with van der Waals surface area (Å²) in [5, 5.41) is 9.59. The molecule has 0 aliphatic heterocycles. The van der Waals surface area contributed by atoms with E-state index in [4.69, 9.17) is 4.74 Å². The van der Waals surface area contributed by atoms with Gasteiger partial charge in [0.05, 0.1) is 12.7 Å². The summed E-state index contributed by atoms with van der Waals surface area (Å²) in [6, 6.07) is 20.0. The van der Waals surface area contributed by atoms with Crippen LogP contribution < -0.4 is 4.90 Å². The standard InChI is InChI=1S/C21H24N2O2/c1-4-25-21(24)20(15-22)19(17-8-6-5-7-9-17)14-16-10-12-18(13-11-16)23(2)3/h5-13,19-20H,4,14H2,1-3H3. The highest BCUT2D eigenvalue weighted by Gasteiger charge is 2.31. The Labute approximate surface area is 149 Å². The number of nitriles is 1. The minimum absolute atomic E-state index is 0.240. The fraction of sp³-hybridized carbons (Fsp3) is 0.333. The Balaban J connectivity index is 2.31. The predicted molar refractivity (Wildman–Crippen MR) is 99.4 cm³/mol. The fourth-order valence-corrected chi connectivity index (χ4v) is 2.85. The van der Waals surface area contributed by atoms with Crippen LogP contribution in [0.4, 0.5) is 5.69 Å². The van der Waals surface area contributed by atoms with Gasteiger partial charge in [-0.05, 0) is 36.6 Å². The van der Waals surface area contributed by atoms with Crippen molar-refractivity contribution in [3.63, 3.8) is 0 Å². The zero-order valence-corrected chi connectivity index (χ0v) is 15.0. The Hall–Kier alpha value is -2.80. The van der Waals surface area contributed by atoms with Crippen LogP contribution in [0.25, 0.3) is 0 Å². The zero-order chi connectivity index (χ0) is 18.2. The molecule has 0 saturated carbocycles. The van der Waals surface area contributed by atoms with Crippen molar-refractivity contribution < 1.29 is 9.53 Å². The maximum atomic E-state index is 12.3. The SMILES string of the molecule is CCOC(=O)C(C#N)C(Cc1ccc(N(C)C)cc1)c1ccccc1. The second kappa shape index (κ2) is 8.89. The number of carbonyl (C=O) groups is 1. The monoisotopic (exact) mass is 336 g/mol. The number of hydrogen-bond acceptors (Lipinski definition) is 4. The van der Waals surface area contributed by atoms with E-state index in [9.17, 15) is 10.1 Å². The molecule has 0 amide bonds. The van der Waals surface area contributed by atoms with Crippen molar-refractivity contribution in [1.29, 1.82) is 5.26 Å². The van der Waals surface area contributed by atoms with Crippen LogP contribution in [0.5, 0.6) is 0 Å². The van der Waals surface area contributed by atoms with Gasteiger partial charge in [-0.1, -0.05) is 42.5 Å². The molecule has 25 heavy (non-hydrogen) atoms. The highest BCUT2D eigenvalue weighted by molar-refractivity contribution is 5.76. The number of carbonyl (C=O) groups excluding carboxylic acids is 1. The molecule has 2 atom stereocenters. The third-order valence-electron chi connectivity index (χ3n) is 4.22. The Morgan fingerprint density at radius 2 is 1.76 bits per heavy atom. The molecule has 0 aromatic heterocycles. The average Bonchev–Trinajstić information content (AvgIpc) is 2.63. The summed E-state index contributed by atoms with van der Waals surface area (Å²) in [5.41, 5.74) is 3.17. The maximum Gasteiger partial charge on any atom is 0.323 e. The van der Waals surface area contributed by atoms with Gasteiger partial charge in [-0.15, -0.1) is 0 Å². The van der Waals surface area contributed by atoms with Crippen LogP contribution in [0.15, 0.2) is 54.6 Å². The summed E-state index contributed by atoms with van der Waals surface area (Å²) in [5.74, 6) is -1.52. The lowest BCUT2D eigenvalue weighted by Gasteiger charge is -2.22. The molecule has 0 fully saturated rings. The highest BCUT2D eigenvalue weighted by atomic mass is 16.5. The van der Waals surface area contributed by atoms with E-state index in [0.29, 0.717) is 6.42 Å². The summed E-state index contributed by atoms with van der Waals surface area (Å²) in [7, 11) is 3.99. The van der Waals surface area contributed by atoms with E-state index in [1.807, 2.05) is 73.6 Å². The largest absolute Gasteiger partial charge is 0.465 e. The first-order valence-corrected chi connectivity index (χ1v) is 8.44. The first kappa shape index (κ1) is 18.5. The van der Waals surface area contributed by atoms with Gasteiger partial charge in [0.1, 0.15) is 0 Å². The van der Waals surface area contributed by atoms with E-state index in [1.54, 1.807) is 6.92 Å². The first-order valence-electron chi connectivity index (χ1n) is 8.44. The number of esters is 1. The van der Waals surface area contributed by atoms with Gasteiger partial charge in [0.25, 0.3) is 0 Å². The van der Waals surface area contributed by atoms with Gasteiger partial charge >= 0.3 is 5.97 Å². The molecule has 0 radical (unpaired) electrons.